The Bertz CT molecular complexity index is 833. The van der Waals surface area contributed by atoms with E-state index in [2.05, 4.69) is 10.6 Å². The van der Waals surface area contributed by atoms with Crippen LogP contribution in [0.25, 0.3) is 0 Å². The third-order valence-electron chi connectivity index (χ3n) is 4.69. The largest absolute Gasteiger partial charge is 0.494 e. The number of nitrogens with zero attached hydrogens (tertiary/aromatic N) is 1. The molecule has 1 heterocycles. The maximum atomic E-state index is 12.4. The van der Waals surface area contributed by atoms with E-state index in [4.69, 9.17) is 4.74 Å². The molecule has 1 atom stereocenters. The minimum absolute atomic E-state index is 0.0182. The van der Waals surface area contributed by atoms with Gasteiger partial charge < -0.3 is 20.3 Å². The van der Waals surface area contributed by atoms with E-state index in [1.807, 2.05) is 39.0 Å². The van der Waals surface area contributed by atoms with Crippen molar-refractivity contribution in [3.05, 3.63) is 53.6 Å². The Hall–Kier alpha value is -3.02. The molecular formula is C21H25N3O3. The fraction of sp³-hybridized carbons (Fsp3) is 0.333. The van der Waals surface area contributed by atoms with Crippen LogP contribution < -0.4 is 20.3 Å². The monoisotopic (exact) mass is 367 g/mol. The molecular weight excluding hydrogens is 342 g/mol. The van der Waals surface area contributed by atoms with Gasteiger partial charge in [-0.2, -0.15) is 0 Å². The smallest absolute Gasteiger partial charge is 0.319 e. The van der Waals surface area contributed by atoms with E-state index in [-0.39, 0.29) is 18.0 Å². The van der Waals surface area contributed by atoms with Crippen LogP contribution in [0.1, 0.15) is 24.5 Å². The molecule has 6 nitrogen and oxygen atoms in total. The zero-order valence-corrected chi connectivity index (χ0v) is 15.9. The van der Waals surface area contributed by atoms with Crippen molar-refractivity contribution >= 4 is 23.3 Å². The van der Waals surface area contributed by atoms with Gasteiger partial charge in [-0.3, -0.25) is 4.79 Å². The third kappa shape index (κ3) is 4.58. The predicted octanol–water partition coefficient (Wildman–Crippen LogP) is 3.63. The summed E-state index contributed by atoms with van der Waals surface area (Å²) in [6, 6.07) is 12.6. The van der Waals surface area contributed by atoms with Crippen molar-refractivity contribution in [1.82, 2.24) is 5.32 Å². The molecule has 3 rings (SSSR count). The summed E-state index contributed by atoms with van der Waals surface area (Å²) >= 11 is 0. The number of hydrogen-bond donors (Lipinski definition) is 2. The minimum Gasteiger partial charge on any atom is -0.494 e. The molecule has 6 heteroatoms. The SMILES string of the molecule is CCOc1ccc(NC(=O)N[C@H]2CC(=O)N(c3ccc(C)c(C)c3)C2)cc1. The summed E-state index contributed by atoms with van der Waals surface area (Å²) in [4.78, 5) is 26.3. The zero-order valence-electron chi connectivity index (χ0n) is 15.9. The highest BCUT2D eigenvalue weighted by molar-refractivity contribution is 5.97. The van der Waals surface area contributed by atoms with Crippen LogP contribution in [0.4, 0.5) is 16.2 Å². The van der Waals surface area contributed by atoms with Crippen molar-refractivity contribution in [2.45, 2.75) is 33.2 Å². The number of aryl methyl sites for hydroxylation is 2. The molecule has 1 saturated heterocycles. The first-order chi connectivity index (χ1) is 13.0. The number of rotatable bonds is 5. The number of anilines is 2. The lowest BCUT2D eigenvalue weighted by Crippen LogP contribution is -2.39. The van der Waals surface area contributed by atoms with Gasteiger partial charge in [0.1, 0.15) is 5.75 Å². The zero-order chi connectivity index (χ0) is 19.4. The predicted molar refractivity (Wildman–Crippen MR) is 106 cm³/mol. The van der Waals surface area contributed by atoms with Crippen LogP contribution in [0.5, 0.6) is 5.75 Å². The molecule has 2 aromatic rings. The molecule has 2 N–H and O–H groups in total. The maximum Gasteiger partial charge on any atom is 0.319 e. The number of benzene rings is 2. The molecule has 142 valence electrons. The minimum atomic E-state index is -0.320. The average molecular weight is 367 g/mol. The second-order valence-corrected chi connectivity index (χ2v) is 6.73. The van der Waals surface area contributed by atoms with E-state index >= 15 is 0 Å². The molecule has 0 saturated carbocycles. The lowest BCUT2D eigenvalue weighted by Gasteiger charge is -2.18. The van der Waals surface area contributed by atoms with Crippen LogP contribution >= 0.6 is 0 Å². The molecule has 0 aliphatic carbocycles. The van der Waals surface area contributed by atoms with Crippen molar-refractivity contribution in [3.8, 4) is 5.75 Å². The summed E-state index contributed by atoms with van der Waals surface area (Å²) < 4.78 is 5.38. The van der Waals surface area contributed by atoms with Gasteiger partial charge in [-0.05, 0) is 68.3 Å². The van der Waals surface area contributed by atoms with Crippen molar-refractivity contribution in [1.29, 1.82) is 0 Å². The number of hydrogen-bond acceptors (Lipinski definition) is 3. The van der Waals surface area contributed by atoms with Crippen molar-refractivity contribution in [2.24, 2.45) is 0 Å². The molecule has 0 spiro atoms. The number of urea groups is 1. The molecule has 1 fully saturated rings. The normalized spacial score (nSPS) is 16.3. The molecule has 0 aromatic heterocycles. The average Bonchev–Trinajstić information content (AvgIpc) is 2.99. The van der Waals surface area contributed by atoms with Gasteiger partial charge in [-0.15, -0.1) is 0 Å². The topological polar surface area (TPSA) is 70.7 Å². The number of ether oxygens (including phenoxy) is 1. The van der Waals surface area contributed by atoms with Gasteiger partial charge in [0.2, 0.25) is 5.91 Å². The lowest BCUT2D eigenvalue weighted by atomic mass is 10.1. The Balaban J connectivity index is 1.57. The second-order valence-electron chi connectivity index (χ2n) is 6.73. The van der Waals surface area contributed by atoms with E-state index in [0.717, 1.165) is 17.0 Å². The van der Waals surface area contributed by atoms with Crippen LogP contribution in [-0.4, -0.2) is 31.1 Å². The van der Waals surface area contributed by atoms with Gasteiger partial charge in [-0.1, -0.05) is 6.07 Å². The Morgan fingerprint density at radius 3 is 2.56 bits per heavy atom. The summed E-state index contributed by atoms with van der Waals surface area (Å²) in [6.07, 6.45) is 0.295. The van der Waals surface area contributed by atoms with Crippen molar-refractivity contribution in [2.75, 3.05) is 23.4 Å². The number of carbonyl (C=O) groups excluding carboxylic acids is 2. The number of carbonyl (C=O) groups is 2. The number of amides is 3. The van der Waals surface area contributed by atoms with Crippen molar-refractivity contribution in [3.63, 3.8) is 0 Å². The van der Waals surface area contributed by atoms with E-state index in [9.17, 15) is 9.59 Å². The van der Waals surface area contributed by atoms with Gasteiger partial charge in [0.15, 0.2) is 0 Å². The Morgan fingerprint density at radius 1 is 1.15 bits per heavy atom. The van der Waals surface area contributed by atoms with E-state index in [1.165, 1.54) is 5.56 Å². The third-order valence-corrected chi connectivity index (χ3v) is 4.69. The molecule has 0 bridgehead atoms. The standard InChI is InChI=1S/C21H25N3O3/c1-4-27-19-9-6-16(7-10-19)22-21(26)23-17-12-20(25)24(13-17)18-8-5-14(2)15(3)11-18/h5-11,17H,4,12-13H2,1-3H3,(H2,22,23,26)/t17-/m0/s1. The molecule has 0 radical (unpaired) electrons. The van der Waals surface area contributed by atoms with Crippen LogP contribution in [0.3, 0.4) is 0 Å². The molecule has 2 aromatic carbocycles. The van der Waals surface area contributed by atoms with Gasteiger partial charge in [0.05, 0.1) is 12.6 Å². The highest BCUT2D eigenvalue weighted by atomic mass is 16.5. The Labute approximate surface area is 159 Å². The van der Waals surface area contributed by atoms with Gasteiger partial charge in [0, 0.05) is 24.3 Å². The second kappa shape index (κ2) is 8.12. The fourth-order valence-corrected chi connectivity index (χ4v) is 3.10. The van der Waals surface area contributed by atoms with E-state index in [1.54, 1.807) is 29.2 Å². The van der Waals surface area contributed by atoms with Crippen LogP contribution in [-0.2, 0) is 4.79 Å². The summed E-state index contributed by atoms with van der Waals surface area (Å²) in [7, 11) is 0. The van der Waals surface area contributed by atoms with E-state index in [0.29, 0.717) is 25.3 Å². The fourth-order valence-electron chi connectivity index (χ4n) is 3.10. The molecule has 0 unspecified atom stereocenters. The first-order valence-electron chi connectivity index (χ1n) is 9.14. The molecule has 1 aliphatic heterocycles. The Kier molecular flexibility index (Phi) is 5.64. The first kappa shape index (κ1) is 18.8. The van der Waals surface area contributed by atoms with Gasteiger partial charge in [-0.25, -0.2) is 4.79 Å². The quantitative estimate of drug-likeness (QED) is 0.848. The Morgan fingerprint density at radius 2 is 1.89 bits per heavy atom. The highest BCUT2D eigenvalue weighted by Gasteiger charge is 2.31. The van der Waals surface area contributed by atoms with Crippen LogP contribution in [0, 0.1) is 13.8 Å². The van der Waals surface area contributed by atoms with Gasteiger partial charge >= 0.3 is 6.03 Å². The molecule has 3 amide bonds. The molecule has 27 heavy (non-hydrogen) atoms. The highest BCUT2D eigenvalue weighted by Crippen LogP contribution is 2.24. The summed E-state index contributed by atoms with van der Waals surface area (Å²) in [5, 5.41) is 5.67. The number of nitrogens with one attached hydrogen (secondary N) is 2. The molecule has 1 aliphatic rings. The first-order valence-corrected chi connectivity index (χ1v) is 9.14. The van der Waals surface area contributed by atoms with Crippen molar-refractivity contribution < 1.29 is 14.3 Å². The summed E-state index contributed by atoms with van der Waals surface area (Å²) in [5.74, 6) is 0.776. The summed E-state index contributed by atoms with van der Waals surface area (Å²) in [6.45, 7) is 7.06. The lowest BCUT2D eigenvalue weighted by molar-refractivity contribution is -0.117. The van der Waals surface area contributed by atoms with Gasteiger partial charge in [0.25, 0.3) is 0 Å². The summed E-state index contributed by atoms with van der Waals surface area (Å²) in [5.41, 5.74) is 3.88. The van der Waals surface area contributed by atoms with Crippen LogP contribution in [0.15, 0.2) is 42.5 Å². The van der Waals surface area contributed by atoms with E-state index < -0.39 is 0 Å². The maximum absolute atomic E-state index is 12.4. The van der Waals surface area contributed by atoms with Crippen LogP contribution in [0.2, 0.25) is 0 Å².